The van der Waals surface area contributed by atoms with Crippen molar-refractivity contribution in [2.24, 2.45) is 0 Å². The molecule has 0 radical (unpaired) electrons. The Morgan fingerprint density at radius 3 is 2.62 bits per heavy atom. The second-order valence-electron chi connectivity index (χ2n) is 4.66. The molecule has 7 heteroatoms. The van der Waals surface area contributed by atoms with Gasteiger partial charge in [-0.1, -0.05) is 6.07 Å². The Kier molecular flexibility index (Phi) is 5.88. The van der Waals surface area contributed by atoms with E-state index in [-0.39, 0.29) is 17.9 Å². The molecule has 21 heavy (non-hydrogen) atoms. The van der Waals surface area contributed by atoms with Gasteiger partial charge in [0.05, 0.1) is 11.3 Å². The number of ether oxygens (including phenoxy) is 1. The van der Waals surface area contributed by atoms with E-state index in [0.29, 0.717) is 0 Å². The Balaban J connectivity index is 2.60. The highest BCUT2D eigenvalue weighted by Crippen LogP contribution is 2.14. The maximum absolute atomic E-state index is 12.0. The summed E-state index contributed by atoms with van der Waals surface area (Å²) in [6.45, 7) is 5.09. The lowest BCUT2D eigenvalue weighted by atomic mass is 10.1. The van der Waals surface area contributed by atoms with Gasteiger partial charge in [0.25, 0.3) is 0 Å². The predicted octanol–water partition coefficient (Wildman–Crippen LogP) is 1.43. The normalized spacial score (nSPS) is 12.5. The van der Waals surface area contributed by atoms with Crippen molar-refractivity contribution in [2.45, 2.75) is 38.2 Å². The standard InChI is InChI=1S/C14H18N2O4S/c1-10-4-5-13(8-11(10)2)21(18,19)16-7-6-14(17)20-12(3)9-15/h4-5,8,12,16H,6-7H2,1-3H3/t12-/m1/s1. The number of nitrogens with one attached hydrogen (secondary N) is 1. The molecule has 0 aromatic heterocycles. The zero-order valence-corrected chi connectivity index (χ0v) is 13.0. The highest BCUT2D eigenvalue weighted by Gasteiger charge is 2.15. The first-order chi connectivity index (χ1) is 9.76. The fourth-order valence-electron chi connectivity index (χ4n) is 1.53. The molecule has 0 amide bonds. The van der Waals surface area contributed by atoms with Crippen molar-refractivity contribution in [3.8, 4) is 6.07 Å². The van der Waals surface area contributed by atoms with E-state index in [1.165, 1.54) is 13.0 Å². The maximum atomic E-state index is 12.0. The fourth-order valence-corrected chi connectivity index (χ4v) is 2.65. The summed E-state index contributed by atoms with van der Waals surface area (Å²) in [5, 5.41) is 8.50. The third kappa shape index (κ3) is 5.17. The van der Waals surface area contributed by atoms with E-state index >= 15 is 0 Å². The summed E-state index contributed by atoms with van der Waals surface area (Å²) >= 11 is 0. The quantitative estimate of drug-likeness (QED) is 0.802. The van der Waals surface area contributed by atoms with Crippen molar-refractivity contribution in [1.82, 2.24) is 4.72 Å². The number of esters is 1. The van der Waals surface area contributed by atoms with Gasteiger partial charge < -0.3 is 4.74 Å². The summed E-state index contributed by atoms with van der Waals surface area (Å²) in [7, 11) is -3.65. The lowest BCUT2D eigenvalue weighted by molar-refractivity contribution is -0.145. The maximum Gasteiger partial charge on any atom is 0.308 e. The number of benzene rings is 1. The van der Waals surface area contributed by atoms with Crippen molar-refractivity contribution in [3.63, 3.8) is 0 Å². The van der Waals surface area contributed by atoms with Crippen molar-refractivity contribution in [3.05, 3.63) is 29.3 Å². The molecule has 0 saturated heterocycles. The molecule has 1 rings (SSSR count). The summed E-state index contributed by atoms with van der Waals surface area (Å²) in [5.41, 5.74) is 1.88. The van der Waals surface area contributed by atoms with Crippen LogP contribution >= 0.6 is 0 Å². The Morgan fingerprint density at radius 1 is 1.38 bits per heavy atom. The number of hydrogen-bond acceptors (Lipinski definition) is 5. The van der Waals surface area contributed by atoms with E-state index in [2.05, 4.69) is 4.72 Å². The van der Waals surface area contributed by atoms with Gasteiger partial charge in [0.2, 0.25) is 10.0 Å². The van der Waals surface area contributed by atoms with Crippen LogP contribution in [0.3, 0.4) is 0 Å². The van der Waals surface area contributed by atoms with Crippen LogP contribution < -0.4 is 4.72 Å². The molecule has 0 aliphatic carbocycles. The molecule has 0 fully saturated rings. The Morgan fingerprint density at radius 2 is 2.05 bits per heavy atom. The highest BCUT2D eigenvalue weighted by molar-refractivity contribution is 7.89. The summed E-state index contributed by atoms with van der Waals surface area (Å²) in [4.78, 5) is 11.5. The first-order valence-electron chi connectivity index (χ1n) is 6.42. The van der Waals surface area contributed by atoms with Crippen molar-refractivity contribution in [2.75, 3.05) is 6.54 Å². The molecule has 0 unspecified atom stereocenters. The zero-order chi connectivity index (χ0) is 16.0. The molecule has 1 N–H and O–H groups in total. The highest BCUT2D eigenvalue weighted by atomic mass is 32.2. The van der Waals surface area contributed by atoms with Crippen LogP contribution in [0.15, 0.2) is 23.1 Å². The monoisotopic (exact) mass is 310 g/mol. The topological polar surface area (TPSA) is 96.3 Å². The van der Waals surface area contributed by atoms with Crippen LogP contribution in [0.4, 0.5) is 0 Å². The van der Waals surface area contributed by atoms with Crippen LogP contribution in [0, 0.1) is 25.2 Å². The number of hydrogen-bond donors (Lipinski definition) is 1. The predicted molar refractivity (Wildman–Crippen MR) is 76.9 cm³/mol. The number of carbonyl (C=O) groups excluding carboxylic acids is 1. The number of sulfonamides is 1. The molecule has 6 nitrogen and oxygen atoms in total. The van der Waals surface area contributed by atoms with Crippen LogP contribution in [-0.4, -0.2) is 27.0 Å². The van der Waals surface area contributed by atoms with Crippen LogP contribution in [0.1, 0.15) is 24.5 Å². The van der Waals surface area contributed by atoms with Crippen LogP contribution in [0.25, 0.3) is 0 Å². The molecule has 1 aromatic rings. The Bertz CT molecular complexity index is 662. The third-order valence-electron chi connectivity index (χ3n) is 2.90. The number of aryl methyl sites for hydroxylation is 2. The van der Waals surface area contributed by atoms with E-state index in [1.807, 2.05) is 13.8 Å². The number of nitrogens with zero attached hydrogens (tertiary/aromatic N) is 1. The third-order valence-corrected chi connectivity index (χ3v) is 4.36. The zero-order valence-electron chi connectivity index (χ0n) is 12.2. The van der Waals surface area contributed by atoms with Crippen molar-refractivity contribution in [1.29, 1.82) is 5.26 Å². The van der Waals surface area contributed by atoms with E-state index in [9.17, 15) is 13.2 Å². The van der Waals surface area contributed by atoms with Crippen molar-refractivity contribution >= 4 is 16.0 Å². The van der Waals surface area contributed by atoms with Gasteiger partial charge >= 0.3 is 5.97 Å². The second-order valence-corrected chi connectivity index (χ2v) is 6.42. The molecular weight excluding hydrogens is 292 g/mol. The van der Waals surface area contributed by atoms with Crippen molar-refractivity contribution < 1.29 is 17.9 Å². The summed E-state index contributed by atoms with van der Waals surface area (Å²) in [6, 6.07) is 6.58. The smallest absolute Gasteiger partial charge is 0.308 e. The molecule has 114 valence electrons. The van der Waals surface area contributed by atoms with E-state index in [1.54, 1.807) is 18.2 Å². The van der Waals surface area contributed by atoms with Crippen LogP contribution in [0.5, 0.6) is 0 Å². The Labute approximate surface area is 124 Å². The minimum absolute atomic E-state index is 0.0771. The van der Waals surface area contributed by atoms with Gasteiger partial charge in [-0.15, -0.1) is 0 Å². The molecule has 0 spiro atoms. The SMILES string of the molecule is Cc1ccc(S(=O)(=O)NCCC(=O)O[C@H](C)C#N)cc1C. The first-order valence-corrected chi connectivity index (χ1v) is 7.90. The molecule has 0 saturated carbocycles. The van der Waals surface area contributed by atoms with Gasteiger partial charge in [-0.05, 0) is 44.0 Å². The second kappa shape index (κ2) is 7.20. The average molecular weight is 310 g/mol. The first kappa shape index (κ1) is 17.1. The molecule has 0 bridgehead atoms. The van der Waals surface area contributed by atoms with Crippen LogP contribution in [-0.2, 0) is 19.6 Å². The molecular formula is C14H18N2O4S. The summed E-state index contributed by atoms with van der Waals surface area (Å²) in [6.07, 6.45) is -0.968. The lowest BCUT2D eigenvalue weighted by Gasteiger charge is -2.09. The Hall–Kier alpha value is -1.91. The molecule has 0 aliphatic heterocycles. The summed E-state index contributed by atoms with van der Waals surface area (Å²) < 4.78 is 31.1. The minimum atomic E-state index is -3.65. The molecule has 1 aromatic carbocycles. The molecule has 0 heterocycles. The van der Waals surface area contributed by atoms with Gasteiger partial charge in [-0.2, -0.15) is 5.26 Å². The van der Waals surface area contributed by atoms with Gasteiger partial charge in [-0.25, -0.2) is 13.1 Å². The average Bonchev–Trinajstić information content (AvgIpc) is 2.41. The number of rotatable bonds is 6. The molecule has 1 atom stereocenters. The van der Waals surface area contributed by atoms with E-state index < -0.39 is 22.1 Å². The minimum Gasteiger partial charge on any atom is -0.447 e. The fraction of sp³-hybridized carbons (Fsp3) is 0.429. The summed E-state index contributed by atoms with van der Waals surface area (Å²) in [5.74, 6) is -0.619. The van der Waals surface area contributed by atoms with E-state index in [0.717, 1.165) is 11.1 Å². The van der Waals surface area contributed by atoms with E-state index in [4.69, 9.17) is 10.00 Å². The van der Waals surface area contributed by atoms with Gasteiger partial charge in [-0.3, -0.25) is 4.79 Å². The number of carbonyl (C=O) groups is 1. The largest absolute Gasteiger partial charge is 0.447 e. The van der Waals surface area contributed by atoms with Gasteiger partial charge in [0.1, 0.15) is 6.07 Å². The molecule has 0 aliphatic rings. The van der Waals surface area contributed by atoms with Gasteiger partial charge in [0.15, 0.2) is 6.10 Å². The lowest BCUT2D eigenvalue weighted by Crippen LogP contribution is -2.27. The van der Waals surface area contributed by atoms with Gasteiger partial charge in [0, 0.05) is 6.54 Å². The number of nitriles is 1. The van der Waals surface area contributed by atoms with Crippen LogP contribution in [0.2, 0.25) is 0 Å².